The summed E-state index contributed by atoms with van der Waals surface area (Å²) in [6, 6.07) is 0. The summed E-state index contributed by atoms with van der Waals surface area (Å²) in [6.45, 7) is 7.39. The van der Waals surface area contributed by atoms with Crippen LogP contribution in [0.3, 0.4) is 0 Å². The van der Waals surface area contributed by atoms with Crippen molar-refractivity contribution in [1.82, 2.24) is 19.3 Å². The Kier molecular flexibility index (Phi) is 3.53. The van der Waals surface area contributed by atoms with E-state index in [0.717, 1.165) is 29.2 Å². The zero-order valence-corrected chi connectivity index (χ0v) is 13.4. The highest BCUT2D eigenvalue weighted by molar-refractivity contribution is 6.16. The maximum Gasteiger partial charge on any atom is 0.159 e. The van der Waals surface area contributed by atoms with E-state index in [1.807, 2.05) is 6.92 Å². The monoisotopic (exact) mass is 294 g/mol. The Morgan fingerprint density at radius 3 is 2.55 bits per heavy atom. The van der Waals surface area contributed by atoms with Gasteiger partial charge in [-0.2, -0.15) is 5.10 Å². The van der Waals surface area contributed by atoms with Gasteiger partial charge in [-0.05, 0) is 33.6 Å². The normalized spacial score (nSPS) is 18.8. The molecule has 2 aromatic heterocycles. The zero-order chi connectivity index (χ0) is 14.3. The van der Waals surface area contributed by atoms with Gasteiger partial charge in [-0.15, -0.1) is 11.6 Å². The highest BCUT2D eigenvalue weighted by Crippen LogP contribution is 2.38. The molecule has 0 aliphatic heterocycles. The van der Waals surface area contributed by atoms with Crippen LogP contribution >= 0.6 is 11.6 Å². The highest BCUT2D eigenvalue weighted by atomic mass is 35.5. The van der Waals surface area contributed by atoms with Gasteiger partial charge in [0.25, 0.3) is 0 Å². The van der Waals surface area contributed by atoms with Crippen LogP contribution in [0, 0.1) is 6.92 Å². The lowest BCUT2D eigenvalue weighted by atomic mass is 9.83. The molecule has 0 bridgehead atoms. The number of alkyl halides is 1. The third-order valence-electron chi connectivity index (χ3n) is 4.67. The minimum atomic E-state index is 0.136. The average molecular weight is 295 g/mol. The molecule has 0 aromatic carbocycles. The fraction of sp³-hybridized carbons (Fsp3) is 0.733. The first-order valence-corrected chi connectivity index (χ1v) is 8.15. The van der Waals surface area contributed by atoms with Crippen LogP contribution in [-0.2, 0) is 18.0 Å². The van der Waals surface area contributed by atoms with E-state index < -0.39 is 0 Å². The van der Waals surface area contributed by atoms with Gasteiger partial charge in [0.15, 0.2) is 5.65 Å². The molecule has 1 fully saturated rings. The molecule has 0 N–H and O–H groups in total. The van der Waals surface area contributed by atoms with Crippen LogP contribution in [0.25, 0.3) is 11.2 Å². The van der Waals surface area contributed by atoms with E-state index in [2.05, 4.69) is 28.2 Å². The van der Waals surface area contributed by atoms with Crippen molar-refractivity contribution in [3.05, 3.63) is 11.5 Å². The molecule has 0 amide bonds. The lowest BCUT2D eigenvalue weighted by Gasteiger charge is -2.36. The summed E-state index contributed by atoms with van der Waals surface area (Å²) in [6.07, 6.45) is 6.33. The van der Waals surface area contributed by atoms with Crippen molar-refractivity contribution in [2.24, 2.45) is 0 Å². The van der Waals surface area contributed by atoms with Crippen LogP contribution in [0.15, 0.2) is 0 Å². The molecule has 1 aliphatic rings. The summed E-state index contributed by atoms with van der Waals surface area (Å²) >= 11 is 6.18. The van der Waals surface area contributed by atoms with Gasteiger partial charge in [0.2, 0.25) is 0 Å². The number of halogens is 1. The second kappa shape index (κ2) is 5.06. The molecule has 2 aromatic rings. The Balaban J connectivity index is 2.26. The van der Waals surface area contributed by atoms with Gasteiger partial charge >= 0.3 is 0 Å². The molecule has 110 valence electrons. The van der Waals surface area contributed by atoms with Crippen molar-refractivity contribution in [2.75, 3.05) is 0 Å². The molecule has 20 heavy (non-hydrogen) atoms. The molecule has 0 unspecified atom stereocenters. The standard InChI is InChI=1S/C15H23ClN4/c1-4-19-14-13(11(2)18-19)17-12(10-16)20(14)15(3)8-6-5-7-9-15/h4-10H2,1-3H3. The van der Waals surface area contributed by atoms with Gasteiger partial charge in [-0.1, -0.05) is 19.3 Å². The predicted octanol–water partition coefficient (Wildman–Crippen LogP) is 3.98. The molecule has 0 spiro atoms. The van der Waals surface area contributed by atoms with E-state index >= 15 is 0 Å². The first-order valence-electron chi connectivity index (χ1n) is 7.62. The van der Waals surface area contributed by atoms with Crippen molar-refractivity contribution in [3.63, 3.8) is 0 Å². The molecule has 0 atom stereocenters. The van der Waals surface area contributed by atoms with Gasteiger partial charge in [-0.3, -0.25) is 0 Å². The van der Waals surface area contributed by atoms with Crippen molar-refractivity contribution >= 4 is 22.8 Å². The van der Waals surface area contributed by atoms with Crippen molar-refractivity contribution < 1.29 is 0 Å². The second-order valence-electron chi connectivity index (χ2n) is 6.13. The Hall–Kier alpha value is -1.03. The molecule has 1 saturated carbocycles. The number of hydrogen-bond donors (Lipinski definition) is 0. The van der Waals surface area contributed by atoms with Crippen LogP contribution in [0.4, 0.5) is 0 Å². The summed E-state index contributed by atoms with van der Waals surface area (Å²) in [7, 11) is 0. The molecule has 1 aliphatic carbocycles. The number of imidazole rings is 1. The fourth-order valence-corrected chi connectivity index (χ4v) is 3.81. The van der Waals surface area contributed by atoms with Gasteiger partial charge in [0.1, 0.15) is 11.3 Å². The Morgan fingerprint density at radius 2 is 1.95 bits per heavy atom. The number of hydrogen-bond acceptors (Lipinski definition) is 2. The third-order valence-corrected chi connectivity index (χ3v) is 4.91. The van der Waals surface area contributed by atoms with Crippen LogP contribution in [0.5, 0.6) is 0 Å². The SMILES string of the molecule is CCn1nc(C)c2nc(CCl)n(C3(C)CCCCC3)c21. The number of aromatic nitrogens is 4. The Labute approximate surface area is 125 Å². The predicted molar refractivity (Wildman–Crippen MR) is 82.2 cm³/mol. The van der Waals surface area contributed by atoms with Gasteiger partial charge in [-0.25, -0.2) is 9.67 Å². The maximum atomic E-state index is 6.18. The number of aryl methyl sites for hydroxylation is 2. The van der Waals surface area contributed by atoms with E-state index in [1.165, 1.54) is 32.1 Å². The molecule has 5 heteroatoms. The summed E-state index contributed by atoms with van der Waals surface area (Å²) in [5.74, 6) is 1.46. The summed E-state index contributed by atoms with van der Waals surface area (Å²) in [4.78, 5) is 4.77. The lowest BCUT2D eigenvalue weighted by molar-refractivity contribution is 0.218. The molecule has 0 saturated heterocycles. The van der Waals surface area contributed by atoms with Crippen molar-refractivity contribution in [3.8, 4) is 0 Å². The summed E-state index contributed by atoms with van der Waals surface area (Å²) in [5, 5.41) is 4.62. The molecule has 0 radical (unpaired) electrons. The molecule has 2 heterocycles. The van der Waals surface area contributed by atoms with E-state index in [-0.39, 0.29) is 5.54 Å². The third kappa shape index (κ3) is 1.96. The van der Waals surface area contributed by atoms with Crippen molar-refractivity contribution in [1.29, 1.82) is 0 Å². The van der Waals surface area contributed by atoms with E-state index in [0.29, 0.717) is 5.88 Å². The number of nitrogens with zero attached hydrogens (tertiary/aromatic N) is 4. The van der Waals surface area contributed by atoms with Crippen molar-refractivity contribution in [2.45, 2.75) is 70.8 Å². The molecule has 3 rings (SSSR count). The minimum Gasteiger partial charge on any atom is -0.306 e. The molecular formula is C15H23ClN4. The van der Waals surface area contributed by atoms with Crippen LogP contribution in [0.2, 0.25) is 0 Å². The number of fused-ring (bicyclic) bond motifs is 1. The zero-order valence-electron chi connectivity index (χ0n) is 12.6. The number of rotatable bonds is 3. The second-order valence-corrected chi connectivity index (χ2v) is 6.40. The van der Waals surface area contributed by atoms with Gasteiger partial charge < -0.3 is 4.57 Å². The maximum absolute atomic E-state index is 6.18. The minimum absolute atomic E-state index is 0.136. The highest BCUT2D eigenvalue weighted by Gasteiger charge is 2.34. The Bertz CT molecular complexity index is 619. The molecular weight excluding hydrogens is 272 g/mol. The average Bonchev–Trinajstić information content (AvgIpc) is 2.97. The smallest absolute Gasteiger partial charge is 0.159 e. The largest absolute Gasteiger partial charge is 0.306 e. The quantitative estimate of drug-likeness (QED) is 0.803. The van der Waals surface area contributed by atoms with E-state index in [9.17, 15) is 0 Å². The van der Waals surface area contributed by atoms with E-state index in [4.69, 9.17) is 16.6 Å². The first kappa shape index (κ1) is 13.9. The fourth-order valence-electron chi connectivity index (χ4n) is 3.63. The van der Waals surface area contributed by atoms with Crippen LogP contribution in [-0.4, -0.2) is 19.3 Å². The van der Waals surface area contributed by atoms with Gasteiger partial charge in [0.05, 0.1) is 11.6 Å². The topological polar surface area (TPSA) is 35.6 Å². The summed E-state index contributed by atoms with van der Waals surface area (Å²) in [5.41, 5.74) is 3.32. The Morgan fingerprint density at radius 1 is 1.25 bits per heavy atom. The summed E-state index contributed by atoms with van der Waals surface area (Å²) < 4.78 is 4.46. The van der Waals surface area contributed by atoms with Crippen LogP contribution in [0.1, 0.15) is 57.5 Å². The van der Waals surface area contributed by atoms with Gasteiger partial charge in [0, 0.05) is 12.1 Å². The lowest BCUT2D eigenvalue weighted by Crippen LogP contribution is -2.34. The van der Waals surface area contributed by atoms with Crippen LogP contribution < -0.4 is 0 Å². The van der Waals surface area contributed by atoms with E-state index in [1.54, 1.807) is 0 Å². The first-order chi connectivity index (χ1) is 9.60. The molecule has 4 nitrogen and oxygen atoms in total.